The molecule has 17 heavy (non-hydrogen) atoms. The number of anilines is 1. The summed E-state index contributed by atoms with van der Waals surface area (Å²) in [6.07, 6.45) is 1.72. The average Bonchev–Trinajstić information content (AvgIpc) is 2.70. The van der Waals surface area contributed by atoms with Gasteiger partial charge in [-0.1, -0.05) is 15.9 Å². The largest absolute Gasteiger partial charge is 0.356 e. The van der Waals surface area contributed by atoms with E-state index in [-0.39, 0.29) is 5.91 Å². The molecule has 1 heterocycles. The van der Waals surface area contributed by atoms with Crippen molar-refractivity contribution < 1.29 is 4.79 Å². The van der Waals surface area contributed by atoms with Crippen molar-refractivity contribution in [1.29, 1.82) is 0 Å². The van der Waals surface area contributed by atoms with Crippen molar-refractivity contribution >= 4 is 43.5 Å². The Morgan fingerprint density at radius 2 is 2.06 bits per heavy atom. The van der Waals surface area contributed by atoms with Gasteiger partial charge in [0.25, 0.3) is 5.91 Å². The predicted molar refractivity (Wildman–Crippen MR) is 75.3 cm³/mol. The number of aromatic amines is 1. The van der Waals surface area contributed by atoms with Crippen LogP contribution in [0.2, 0.25) is 0 Å². The number of nitrogens with one attached hydrogen (secondary N) is 2. The van der Waals surface area contributed by atoms with Gasteiger partial charge in [-0.05, 0) is 52.7 Å². The molecule has 0 aliphatic rings. The number of aromatic nitrogens is 1. The van der Waals surface area contributed by atoms with E-state index in [0.717, 1.165) is 20.2 Å². The van der Waals surface area contributed by atoms with Gasteiger partial charge in [0, 0.05) is 20.8 Å². The van der Waals surface area contributed by atoms with Crippen LogP contribution in [0, 0.1) is 6.92 Å². The molecule has 0 aliphatic heterocycles. The summed E-state index contributed by atoms with van der Waals surface area (Å²) in [6.45, 7) is 1.98. The molecule has 0 unspecified atom stereocenters. The van der Waals surface area contributed by atoms with Crippen LogP contribution < -0.4 is 5.32 Å². The van der Waals surface area contributed by atoms with Crippen molar-refractivity contribution in [3.63, 3.8) is 0 Å². The monoisotopic (exact) mass is 356 g/mol. The van der Waals surface area contributed by atoms with Crippen molar-refractivity contribution in [3.8, 4) is 0 Å². The molecule has 0 radical (unpaired) electrons. The molecule has 0 saturated heterocycles. The Morgan fingerprint density at radius 1 is 1.29 bits per heavy atom. The Morgan fingerprint density at radius 3 is 2.65 bits per heavy atom. The number of benzene rings is 1. The average molecular weight is 358 g/mol. The second-order valence-corrected chi connectivity index (χ2v) is 5.42. The lowest BCUT2D eigenvalue weighted by molar-refractivity contribution is 0.102. The second-order valence-electron chi connectivity index (χ2n) is 3.65. The molecule has 0 saturated carbocycles. The lowest BCUT2D eigenvalue weighted by Gasteiger charge is -2.05. The molecule has 0 bridgehead atoms. The summed E-state index contributed by atoms with van der Waals surface area (Å²) in [5, 5.41) is 2.83. The Labute approximate surface area is 116 Å². The number of amides is 1. The molecule has 1 aromatic heterocycles. The summed E-state index contributed by atoms with van der Waals surface area (Å²) in [6, 6.07) is 7.42. The van der Waals surface area contributed by atoms with Crippen molar-refractivity contribution in [3.05, 3.63) is 50.7 Å². The van der Waals surface area contributed by atoms with E-state index < -0.39 is 0 Å². The highest BCUT2D eigenvalue weighted by Crippen LogP contribution is 2.20. The van der Waals surface area contributed by atoms with Crippen LogP contribution in [0.3, 0.4) is 0 Å². The molecule has 0 atom stereocenters. The quantitative estimate of drug-likeness (QED) is 0.834. The molecule has 0 spiro atoms. The normalized spacial score (nSPS) is 10.3. The fourth-order valence-electron chi connectivity index (χ4n) is 1.42. The molecular formula is C12H10Br2N2O. The zero-order valence-corrected chi connectivity index (χ0v) is 12.2. The zero-order chi connectivity index (χ0) is 12.4. The molecule has 3 nitrogen and oxygen atoms in total. The topological polar surface area (TPSA) is 44.9 Å². The van der Waals surface area contributed by atoms with E-state index in [4.69, 9.17) is 0 Å². The van der Waals surface area contributed by atoms with E-state index in [1.54, 1.807) is 12.3 Å². The van der Waals surface area contributed by atoms with E-state index in [9.17, 15) is 4.79 Å². The van der Waals surface area contributed by atoms with Crippen molar-refractivity contribution in [2.24, 2.45) is 0 Å². The number of H-pyrrole nitrogens is 1. The summed E-state index contributed by atoms with van der Waals surface area (Å²) in [5.74, 6) is -0.155. The van der Waals surface area contributed by atoms with Crippen molar-refractivity contribution in [1.82, 2.24) is 4.98 Å². The highest BCUT2D eigenvalue weighted by Gasteiger charge is 2.08. The first-order valence-corrected chi connectivity index (χ1v) is 6.56. The number of hydrogen-bond acceptors (Lipinski definition) is 1. The SMILES string of the molecule is Cc1cc(NC(=O)c2cc(Br)c[nH]2)ccc1Br. The summed E-state index contributed by atoms with van der Waals surface area (Å²) >= 11 is 6.71. The maximum atomic E-state index is 11.8. The summed E-state index contributed by atoms with van der Waals surface area (Å²) in [5.41, 5.74) is 2.38. The highest BCUT2D eigenvalue weighted by atomic mass is 79.9. The Balaban J connectivity index is 2.15. The number of halogens is 2. The molecular weight excluding hydrogens is 348 g/mol. The van der Waals surface area contributed by atoms with Gasteiger partial charge in [-0.15, -0.1) is 0 Å². The first-order valence-electron chi connectivity index (χ1n) is 4.97. The van der Waals surface area contributed by atoms with Gasteiger partial charge in [0.2, 0.25) is 0 Å². The van der Waals surface area contributed by atoms with Crippen LogP contribution in [0.5, 0.6) is 0 Å². The van der Waals surface area contributed by atoms with Gasteiger partial charge in [0.05, 0.1) is 0 Å². The lowest BCUT2D eigenvalue weighted by Crippen LogP contribution is -2.12. The van der Waals surface area contributed by atoms with Crippen LogP contribution in [-0.4, -0.2) is 10.9 Å². The van der Waals surface area contributed by atoms with Crippen LogP contribution in [0.15, 0.2) is 39.4 Å². The van der Waals surface area contributed by atoms with Gasteiger partial charge < -0.3 is 10.3 Å². The van der Waals surface area contributed by atoms with Gasteiger partial charge in [0.1, 0.15) is 5.69 Å². The van der Waals surface area contributed by atoms with E-state index in [1.165, 1.54) is 0 Å². The van der Waals surface area contributed by atoms with Crippen LogP contribution >= 0.6 is 31.9 Å². The number of rotatable bonds is 2. The van der Waals surface area contributed by atoms with Crippen LogP contribution in [-0.2, 0) is 0 Å². The number of carbonyl (C=O) groups excluding carboxylic acids is 1. The number of hydrogen-bond donors (Lipinski definition) is 2. The third-order valence-electron chi connectivity index (χ3n) is 2.31. The molecule has 88 valence electrons. The fourth-order valence-corrected chi connectivity index (χ4v) is 2.01. The zero-order valence-electron chi connectivity index (χ0n) is 9.05. The van der Waals surface area contributed by atoms with Gasteiger partial charge in [0.15, 0.2) is 0 Å². The molecule has 0 fully saturated rings. The summed E-state index contributed by atoms with van der Waals surface area (Å²) in [4.78, 5) is 14.7. The minimum atomic E-state index is -0.155. The maximum absolute atomic E-state index is 11.8. The molecule has 2 aromatic rings. The van der Waals surface area contributed by atoms with Crippen molar-refractivity contribution in [2.45, 2.75) is 6.92 Å². The number of carbonyl (C=O) groups is 1. The first kappa shape index (κ1) is 12.4. The second kappa shape index (κ2) is 5.06. The van der Waals surface area contributed by atoms with Crippen LogP contribution in [0.25, 0.3) is 0 Å². The molecule has 2 N–H and O–H groups in total. The Hall–Kier alpha value is -1.07. The minimum absolute atomic E-state index is 0.155. The molecule has 5 heteroatoms. The molecule has 2 rings (SSSR count). The molecule has 0 aliphatic carbocycles. The first-order chi connectivity index (χ1) is 8.06. The minimum Gasteiger partial charge on any atom is -0.356 e. The van der Waals surface area contributed by atoms with E-state index in [1.807, 2.05) is 25.1 Å². The third-order valence-corrected chi connectivity index (χ3v) is 3.66. The summed E-state index contributed by atoms with van der Waals surface area (Å²) in [7, 11) is 0. The smallest absolute Gasteiger partial charge is 0.272 e. The standard InChI is InChI=1S/C12H10Br2N2O/c1-7-4-9(2-3-10(7)14)16-12(17)11-5-8(13)6-15-11/h2-6,15H,1H3,(H,16,17). The van der Waals surface area contributed by atoms with Gasteiger partial charge in [-0.3, -0.25) is 4.79 Å². The van der Waals surface area contributed by atoms with Gasteiger partial charge >= 0.3 is 0 Å². The lowest BCUT2D eigenvalue weighted by atomic mass is 10.2. The van der Waals surface area contributed by atoms with Crippen LogP contribution in [0.1, 0.15) is 16.1 Å². The Bertz CT molecular complexity index is 563. The van der Waals surface area contributed by atoms with Gasteiger partial charge in [-0.25, -0.2) is 0 Å². The Kier molecular flexibility index (Phi) is 3.69. The van der Waals surface area contributed by atoms with Crippen LogP contribution in [0.4, 0.5) is 5.69 Å². The van der Waals surface area contributed by atoms with E-state index >= 15 is 0 Å². The maximum Gasteiger partial charge on any atom is 0.272 e. The molecule has 1 amide bonds. The van der Waals surface area contributed by atoms with E-state index in [2.05, 4.69) is 42.2 Å². The third kappa shape index (κ3) is 2.98. The van der Waals surface area contributed by atoms with E-state index in [0.29, 0.717) is 5.69 Å². The number of aryl methyl sites for hydroxylation is 1. The van der Waals surface area contributed by atoms with Gasteiger partial charge in [-0.2, -0.15) is 0 Å². The summed E-state index contributed by atoms with van der Waals surface area (Å²) < 4.78 is 1.88. The predicted octanol–water partition coefficient (Wildman–Crippen LogP) is 4.10. The van der Waals surface area contributed by atoms with Crippen molar-refractivity contribution in [2.75, 3.05) is 5.32 Å². The highest BCUT2D eigenvalue weighted by molar-refractivity contribution is 9.10. The fraction of sp³-hybridized carbons (Fsp3) is 0.0833. The molecule has 1 aromatic carbocycles.